The lowest BCUT2D eigenvalue weighted by molar-refractivity contribution is 0.324. The number of hydrogen-bond acceptors (Lipinski definition) is 2. The average Bonchev–Trinajstić information content (AvgIpc) is 2.39. The second kappa shape index (κ2) is 5.50. The van der Waals surface area contributed by atoms with Crippen LogP contribution in [0.15, 0.2) is 18.2 Å². The Labute approximate surface area is 102 Å². The summed E-state index contributed by atoms with van der Waals surface area (Å²) in [6, 6.07) is 4.78. The number of benzene rings is 1. The minimum absolute atomic E-state index is 0.184. The fourth-order valence-electron chi connectivity index (χ4n) is 2.62. The average molecular weight is 237 g/mol. The Bertz CT molecular complexity index is 374. The van der Waals surface area contributed by atoms with Gasteiger partial charge in [-0.2, -0.15) is 0 Å². The second-order valence-corrected chi connectivity index (χ2v) is 4.78. The van der Waals surface area contributed by atoms with E-state index in [1.54, 1.807) is 19.2 Å². The first-order chi connectivity index (χ1) is 8.22. The summed E-state index contributed by atoms with van der Waals surface area (Å²) in [5.74, 6) is 1.51. The molecule has 0 bridgehead atoms. The summed E-state index contributed by atoms with van der Waals surface area (Å²) in [7, 11) is 1.64. The molecule has 2 rings (SSSR count). The van der Waals surface area contributed by atoms with Gasteiger partial charge in [0.15, 0.2) is 0 Å². The molecule has 1 aliphatic heterocycles. The Hall–Kier alpha value is -1.09. The van der Waals surface area contributed by atoms with Crippen LogP contribution in [0, 0.1) is 11.7 Å². The third kappa shape index (κ3) is 2.78. The van der Waals surface area contributed by atoms with E-state index < -0.39 is 0 Å². The molecule has 1 fully saturated rings. The van der Waals surface area contributed by atoms with E-state index >= 15 is 0 Å². The molecule has 0 aliphatic carbocycles. The molecule has 94 valence electrons. The molecule has 0 amide bonds. The summed E-state index contributed by atoms with van der Waals surface area (Å²) < 4.78 is 18.7. The van der Waals surface area contributed by atoms with E-state index in [9.17, 15) is 4.39 Å². The molecular weight excluding hydrogens is 217 g/mol. The maximum atomic E-state index is 13.3. The van der Waals surface area contributed by atoms with Crippen molar-refractivity contribution in [3.8, 4) is 5.75 Å². The van der Waals surface area contributed by atoms with Gasteiger partial charge in [-0.3, -0.25) is 0 Å². The fourth-order valence-corrected chi connectivity index (χ4v) is 2.62. The van der Waals surface area contributed by atoms with Gasteiger partial charge in [0.1, 0.15) is 11.6 Å². The monoisotopic (exact) mass is 237 g/mol. The Balaban J connectivity index is 2.21. The zero-order valence-corrected chi connectivity index (χ0v) is 10.5. The quantitative estimate of drug-likeness (QED) is 0.872. The topological polar surface area (TPSA) is 21.3 Å². The summed E-state index contributed by atoms with van der Waals surface area (Å²) in [4.78, 5) is 0. The number of nitrogens with one attached hydrogen (secondary N) is 1. The predicted octanol–water partition coefficient (Wildman–Crippen LogP) is 2.94. The lowest BCUT2D eigenvalue weighted by Gasteiger charge is -2.29. The number of piperidine rings is 1. The van der Waals surface area contributed by atoms with Crippen molar-refractivity contribution in [3.63, 3.8) is 0 Å². The van der Waals surface area contributed by atoms with Gasteiger partial charge < -0.3 is 10.1 Å². The van der Waals surface area contributed by atoms with Crippen LogP contribution >= 0.6 is 0 Å². The Morgan fingerprint density at radius 1 is 1.47 bits per heavy atom. The van der Waals surface area contributed by atoms with Crippen molar-refractivity contribution in [2.75, 3.05) is 20.2 Å². The van der Waals surface area contributed by atoms with E-state index in [1.165, 1.54) is 18.9 Å². The lowest BCUT2D eigenvalue weighted by Crippen LogP contribution is -2.32. The first-order valence-electron chi connectivity index (χ1n) is 6.26. The summed E-state index contributed by atoms with van der Waals surface area (Å²) in [6.07, 6.45) is 2.40. The molecule has 0 radical (unpaired) electrons. The van der Waals surface area contributed by atoms with Crippen molar-refractivity contribution < 1.29 is 9.13 Å². The summed E-state index contributed by atoms with van der Waals surface area (Å²) in [5.41, 5.74) is 0.987. The van der Waals surface area contributed by atoms with Crippen LogP contribution in [0.1, 0.15) is 31.2 Å². The molecule has 3 heteroatoms. The highest BCUT2D eigenvalue weighted by atomic mass is 19.1. The minimum atomic E-state index is -0.184. The predicted molar refractivity (Wildman–Crippen MR) is 67.0 cm³/mol. The molecule has 17 heavy (non-hydrogen) atoms. The van der Waals surface area contributed by atoms with Gasteiger partial charge in [-0.1, -0.05) is 6.92 Å². The van der Waals surface area contributed by atoms with Gasteiger partial charge in [0.25, 0.3) is 0 Å². The van der Waals surface area contributed by atoms with Crippen LogP contribution in [-0.4, -0.2) is 20.2 Å². The van der Waals surface area contributed by atoms with Crippen molar-refractivity contribution in [2.24, 2.45) is 5.92 Å². The highest BCUT2D eigenvalue weighted by Crippen LogP contribution is 2.34. The molecule has 0 spiro atoms. The molecule has 1 saturated heterocycles. The highest BCUT2D eigenvalue weighted by Gasteiger charge is 2.23. The molecule has 2 unspecified atom stereocenters. The standard InChI is InChI=1S/C14H20FNO/c1-10(11-4-3-7-16-9-11)13-8-12(15)5-6-14(13)17-2/h5-6,8,10-11,16H,3-4,7,9H2,1-2H3. The number of halogens is 1. The summed E-state index contributed by atoms with van der Waals surface area (Å²) >= 11 is 0. The van der Waals surface area contributed by atoms with Gasteiger partial charge in [0, 0.05) is 5.56 Å². The van der Waals surface area contributed by atoms with Gasteiger partial charge in [0.05, 0.1) is 7.11 Å². The van der Waals surface area contributed by atoms with E-state index in [1.807, 2.05) is 0 Å². The van der Waals surface area contributed by atoms with E-state index in [4.69, 9.17) is 4.74 Å². The molecule has 2 atom stereocenters. The SMILES string of the molecule is COc1ccc(F)cc1C(C)C1CCCNC1. The third-order valence-electron chi connectivity index (χ3n) is 3.72. The van der Waals surface area contributed by atoms with Crippen LogP contribution < -0.4 is 10.1 Å². The largest absolute Gasteiger partial charge is 0.496 e. The summed E-state index contributed by atoms with van der Waals surface area (Å²) in [6.45, 7) is 4.28. The second-order valence-electron chi connectivity index (χ2n) is 4.78. The molecule has 1 aromatic carbocycles. The zero-order valence-electron chi connectivity index (χ0n) is 10.5. The number of hydrogen-bond donors (Lipinski definition) is 1. The van der Waals surface area contributed by atoms with E-state index in [0.29, 0.717) is 11.8 Å². The fraction of sp³-hybridized carbons (Fsp3) is 0.571. The van der Waals surface area contributed by atoms with Crippen LogP contribution in [0.3, 0.4) is 0 Å². The van der Waals surface area contributed by atoms with Crippen LogP contribution in [-0.2, 0) is 0 Å². The molecule has 1 aromatic rings. The smallest absolute Gasteiger partial charge is 0.123 e. The van der Waals surface area contributed by atoms with E-state index in [-0.39, 0.29) is 5.82 Å². The normalized spacial score (nSPS) is 22.2. The Morgan fingerprint density at radius 3 is 2.94 bits per heavy atom. The molecule has 1 heterocycles. The molecular formula is C14H20FNO. The Kier molecular flexibility index (Phi) is 4.00. The highest BCUT2D eigenvalue weighted by molar-refractivity contribution is 5.37. The molecule has 1 N–H and O–H groups in total. The minimum Gasteiger partial charge on any atom is -0.496 e. The van der Waals surface area contributed by atoms with Gasteiger partial charge in [-0.05, 0) is 56.0 Å². The number of methoxy groups -OCH3 is 1. The van der Waals surface area contributed by atoms with Crippen molar-refractivity contribution in [2.45, 2.75) is 25.7 Å². The first-order valence-corrected chi connectivity index (χ1v) is 6.26. The van der Waals surface area contributed by atoms with E-state index in [0.717, 1.165) is 24.4 Å². The van der Waals surface area contributed by atoms with E-state index in [2.05, 4.69) is 12.2 Å². The Morgan fingerprint density at radius 2 is 2.29 bits per heavy atom. The van der Waals surface area contributed by atoms with Gasteiger partial charge in [-0.15, -0.1) is 0 Å². The number of rotatable bonds is 3. The van der Waals surface area contributed by atoms with Gasteiger partial charge in [0.2, 0.25) is 0 Å². The third-order valence-corrected chi connectivity index (χ3v) is 3.72. The van der Waals surface area contributed by atoms with Crippen LogP contribution in [0.2, 0.25) is 0 Å². The number of ether oxygens (including phenoxy) is 1. The maximum Gasteiger partial charge on any atom is 0.123 e. The van der Waals surface area contributed by atoms with Crippen LogP contribution in [0.5, 0.6) is 5.75 Å². The molecule has 2 nitrogen and oxygen atoms in total. The van der Waals surface area contributed by atoms with Crippen LogP contribution in [0.4, 0.5) is 4.39 Å². The van der Waals surface area contributed by atoms with Crippen molar-refractivity contribution in [1.82, 2.24) is 5.32 Å². The molecule has 1 aliphatic rings. The maximum absolute atomic E-state index is 13.3. The zero-order chi connectivity index (χ0) is 12.3. The lowest BCUT2D eigenvalue weighted by atomic mass is 9.82. The first kappa shape index (κ1) is 12.4. The van der Waals surface area contributed by atoms with Crippen LogP contribution in [0.25, 0.3) is 0 Å². The summed E-state index contributed by atoms with van der Waals surface area (Å²) in [5, 5.41) is 3.40. The van der Waals surface area contributed by atoms with Crippen molar-refractivity contribution in [3.05, 3.63) is 29.6 Å². The van der Waals surface area contributed by atoms with Crippen molar-refractivity contribution >= 4 is 0 Å². The van der Waals surface area contributed by atoms with Gasteiger partial charge in [-0.25, -0.2) is 4.39 Å². The molecule has 0 saturated carbocycles. The van der Waals surface area contributed by atoms with Gasteiger partial charge >= 0.3 is 0 Å². The molecule has 0 aromatic heterocycles. The van der Waals surface area contributed by atoms with Crippen molar-refractivity contribution in [1.29, 1.82) is 0 Å².